The average molecular weight is 497 g/mol. The number of fused-ring (bicyclic) bond motifs is 5. The zero-order valence-electron chi connectivity index (χ0n) is 20.6. The Bertz CT molecular complexity index is 1340. The molecular weight excluding hydrogens is 468 g/mol. The maximum absolute atomic E-state index is 13.5. The molecule has 1 N–H and O–H groups in total. The molecule has 3 aromatic rings. The van der Waals surface area contributed by atoms with Gasteiger partial charge >= 0.3 is 6.09 Å². The van der Waals surface area contributed by atoms with Crippen molar-refractivity contribution in [1.29, 1.82) is 5.26 Å². The van der Waals surface area contributed by atoms with Crippen molar-refractivity contribution >= 4 is 6.09 Å². The number of carbonyl (C=O) groups is 1. The van der Waals surface area contributed by atoms with Gasteiger partial charge in [-0.15, -0.1) is 0 Å². The minimum atomic E-state index is -1.28. The molecule has 7 nitrogen and oxygen atoms in total. The Morgan fingerprint density at radius 2 is 1.68 bits per heavy atom. The first kappa shape index (κ1) is 23.5. The van der Waals surface area contributed by atoms with Crippen molar-refractivity contribution in [3.05, 3.63) is 89.0 Å². The number of piperidine rings is 1. The number of methoxy groups -OCH3 is 1. The highest BCUT2D eigenvalue weighted by Gasteiger charge is 2.50. The molecule has 2 bridgehead atoms. The summed E-state index contributed by atoms with van der Waals surface area (Å²) in [6.45, 7) is 0.839. The summed E-state index contributed by atoms with van der Waals surface area (Å²) in [5.41, 5.74) is 4.33. The van der Waals surface area contributed by atoms with Crippen LogP contribution in [0.3, 0.4) is 0 Å². The molecule has 1 aliphatic carbocycles. The summed E-state index contributed by atoms with van der Waals surface area (Å²) < 4.78 is 17.1. The Balaban J connectivity index is 1.22. The summed E-state index contributed by atoms with van der Waals surface area (Å²) in [6.07, 6.45) is 0.0961. The van der Waals surface area contributed by atoms with E-state index in [1.54, 1.807) is 30.2 Å². The van der Waals surface area contributed by atoms with Crippen LogP contribution < -0.4 is 4.74 Å². The lowest BCUT2D eigenvalue weighted by atomic mass is 9.75. The van der Waals surface area contributed by atoms with Crippen molar-refractivity contribution in [2.75, 3.05) is 26.9 Å². The number of nitriles is 1. The van der Waals surface area contributed by atoms with Crippen LogP contribution >= 0.6 is 0 Å². The Morgan fingerprint density at radius 3 is 2.27 bits per heavy atom. The summed E-state index contributed by atoms with van der Waals surface area (Å²) >= 11 is 0. The Hall–Kier alpha value is -3.86. The van der Waals surface area contributed by atoms with Crippen LogP contribution in [0.15, 0.2) is 66.7 Å². The molecule has 0 saturated carbocycles. The number of ether oxygens (including phenoxy) is 3. The highest BCUT2D eigenvalue weighted by atomic mass is 16.6. The summed E-state index contributed by atoms with van der Waals surface area (Å²) in [7, 11) is 1.55. The van der Waals surface area contributed by atoms with Gasteiger partial charge in [0.2, 0.25) is 0 Å². The van der Waals surface area contributed by atoms with Gasteiger partial charge in [-0.05, 0) is 40.5 Å². The number of hydrogen-bond donors (Lipinski definition) is 1. The molecule has 2 saturated heterocycles. The third-order valence-corrected chi connectivity index (χ3v) is 7.95. The third kappa shape index (κ3) is 3.93. The fourth-order valence-electron chi connectivity index (χ4n) is 6.30. The molecule has 2 heterocycles. The van der Waals surface area contributed by atoms with Crippen LogP contribution in [0.2, 0.25) is 0 Å². The highest BCUT2D eigenvalue weighted by molar-refractivity contribution is 5.79. The Labute approximate surface area is 215 Å². The molecule has 2 aliphatic heterocycles. The second-order valence-electron chi connectivity index (χ2n) is 10.0. The fraction of sp³-hybridized carbons (Fsp3) is 0.333. The van der Waals surface area contributed by atoms with Crippen LogP contribution in [0.5, 0.6) is 5.75 Å². The SMILES string of the molecule is COc1ccc(C#N)c(C2(O)CC3COCC(C2)N3C(=O)OCC2c3ccccc3-c3ccccc32)c1. The van der Waals surface area contributed by atoms with Crippen molar-refractivity contribution in [3.63, 3.8) is 0 Å². The molecule has 0 radical (unpaired) electrons. The van der Waals surface area contributed by atoms with Gasteiger partial charge in [-0.3, -0.25) is 4.90 Å². The quantitative estimate of drug-likeness (QED) is 0.569. The molecule has 7 heteroatoms. The van der Waals surface area contributed by atoms with Gasteiger partial charge in [0.15, 0.2) is 0 Å². The van der Waals surface area contributed by atoms with Crippen molar-refractivity contribution in [1.82, 2.24) is 4.90 Å². The van der Waals surface area contributed by atoms with Gasteiger partial charge in [0.25, 0.3) is 0 Å². The average Bonchev–Trinajstić information content (AvgIpc) is 3.24. The molecule has 2 atom stereocenters. The second kappa shape index (κ2) is 9.22. The maximum Gasteiger partial charge on any atom is 0.410 e. The Kier molecular flexibility index (Phi) is 5.86. The molecular formula is C30H28N2O5. The number of morpholine rings is 1. The van der Waals surface area contributed by atoms with Crippen molar-refractivity contribution in [3.8, 4) is 22.9 Å². The van der Waals surface area contributed by atoms with Crippen LogP contribution in [0, 0.1) is 11.3 Å². The highest BCUT2D eigenvalue weighted by Crippen LogP contribution is 2.46. The van der Waals surface area contributed by atoms with Crippen LogP contribution in [-0.4, -0.2) is 55.1 Å². The van der Waals surface area contributed by atoms with E-state index >= 15 is 0 Å². The molecule has 0 aromatic heterocycles. The molecule has 3 aliphatic rings. The van der Waals surface area contributed by atoms with E-state index in [0.717, 1.165) is 11.1 Å². The molecule has 0 spiro atoms. The number of hydrogen-bond acceptors (Lipinski definition) is 6. The van der Waals surface area contributed by atoms with Gasteiger partial charge in [0.1, 0.15) is 12.4 Å². The first-order valence-corrected chi connectivity index (χ1v) is 12.5. The van der Waals surface area contributed by atoms with E-state index in [4.69, 9.17) is 14.2 Å². The van der Waals surface area contributed by atoms with Crippen LogP contribution in [-0.2, 0) is 15.1 Å². The normalized spacial score (nSPS) is 24.1. The van der Waals surface area contributed by atoms with Crippen molar-refractivity contribution < 1.29 is 24.1 Å². The van der Waals surface area contributed by atoms with Gasteiger partial charge in [0.05, 0.1) is 49.6 Å². The third-order valence-electron chi connectivity index (χ3n) is 7.95. The zero-order valence-corrected chi connectivity index (χ0v) is 20.6. The number of rotatable bonds is 4. The summed E-state index contributed by atoms with van der Waals surface area (Å²) in [5, 5.41) is 21.4. The summed E-state index contributed by atoms with van der Waals surface area (Å²) in [4.78, 5) is 15.2. The standard InChI is InChI=1S/C30H28N2O5/c1-35-22-11-10-19(15-31)28(12-22)30(34)13-20-16-36-17-21(14-30)32(20)29(33)37-18-27-25-8-4-2-6-23(25)24-7-3-5-9-26(24)27/h2-12,20-21,27,34H,13-14,16-18H2,1H3. The minimum absolute atomic E-state index is 0.0239. The number of carbonyl (C=O) groups excluding carboxylic acids is 1. The Morgan fingerprint density at radius 1 is 1.05 bits per heavy atom. The molecule has 3 aromatic carbocycles. The second-order valence-corrected chi connectivity index (χ2v) is 10.0. The van der Waals surface area contributed by atoms with Crippen LogP contribution in [0.4, 0.5) is 4.79 Å². The number of amides is 1. The van der Waals surface area contributed by atoms with Gasteiger partial charge in [-0.25, -0.2) is 4.79 Å². The van der Waals surface area contributed by atoms with E-state index < -0.39 is 11.7 Å². The molecule has 2 unspecified atom stereocenters. The largest absolute Gasteiger partial charge is 0.497 e. The van der Waals surface area contributed by atoms with E-state index in [9.17, 15) is 15.2 Å². The van der Waals surface area contributed by atoms with Gasteiger partial charge in [-0.2, -0.15) is 5.26 Å². The van der Waals surface area contributed by atoms with Crippen molar-refractivity contribution in [2.24, 2.45) is 0 Å². The molecule has 2 fully saturated rings. The number of nitrogens with zero attached hydrogens (tertiary/aromatic N) is 2. The van der Waals surface area contributed by atoms with E-state index in [1.165, 1.54) is 11.1 Å². The number of benzene rings is 3. The van der Waals surface area contributed by atoms with Crippen LogP contribution in [0.25, 0.3) is 11.1 Å². The molecule has 6 rings (SSSR count). The maximum atomic E-state index is 13.5. The molecule has 37 heavy (non-hydrogen) atoms. The van der Waals surface area contributed by atoms with E-state index in [2.05, 4.69) is 30.3 Å². The lowest BCUT2D eigenvalue weighted by molar-refractivity contribution is -0.136. The number of aliphatic hydroxyl groups is 1. The zero-order chi connectivity index (χ0) is 25.6. The monoisotopic (exact) mass is 496 g/mol. The van der Waals surface area contributed by atoms with Crippen molar-refractivity contribution in [2.45, 2.75) is 36.4 Å². The van der Waals surface area contributed by atoms with E-state index in [0.29, 0.717) is 30.1 Å². The lowest BCUT2D eigenvalue weighted by Gasteiger charge is -2.51. The minimum Gasteiger partial charge on any atom is -0.497 e. The first-order valence-electron chi connectivity index (χ1n) is 12.5. The fourth-order valence-corrected chi connectivity index (χ4v) is 6.30. The van der Waals surface area contributed by atoms with Gasteiger partial charge in [-0.1, -0.05) is 48.5 Å². The predicted molar refractivity (Wildman–Crippen MR) is 136 cm³/mol. The van der Waals surface area contributed by atoms with E-state index in [-0.39, 0.29) is 37.5 Å². The summed E-state index contributed by atoms with van der Waals surface area (Å²) in [6, 6.07) is 23.0. The first-order chi connectivity index (χ1) is 18.0. The lowest BCUT2D eigenvalue weighted by Crippen LogP contribution is -2.62. The summed E-state index contributed by atoms with van der Waals surface area (Å²) in [5.74, 6) is 0.548. The smallest absolute Gasteiger partial charge is 0.410 e. The van der Waals surface area contributed by atoms with Crippen LogP contribution in [0.1, 0.15) is 41.0 Å². The topological polar surface area (TPSA) is 92.0 Å². The van der Waals surface area contributed by atoms with E-state index in [1.807, 2.05) is 24.3 Å². The predicted octanol–water partition coefficient (Wildman–Crippen LogP) is 4.57. The molecule has 188 valence electrons. The van der Waals surface area contributed by atoms with Gasteiger partial charge < -0.3 is 19.3 Å². The molecule has 1 amide bonds. The van der Waals surface area contributed by atoms with Gasteiger partial charge in [0, 0.05) is 24.3 Å².